The highest BCUT2D eigenvalue weighted by atomic mass is 19.2. The van der Waals surface area contributed by atoms with Gasteiger partial charge in [-0.1, -0.05) is 24.3 Å². The molecular weight excluding hydrogens is 385 g/mol. The molecule has 0 unspecified atom stereocenters. The molecule has 1 aliphatic rings. The van der Waals surface area contributed by atoms with Gasteiger partial charge in [0.05, 0.1) is 6.61 Å². The molecule has 0 N–H and O–H groups in total. The molecule has 0 saturated heterocycles. The maximum absolute atomic E-state index is 14.4. The minimum absolute atomic E-state index is 0.301. The molecule has 0 aliphatic heterocycles. The summed E-state index contributed by atoms with van der Waals surface area (Å²) in [6.45, 7) is 5.73. The third kappa shape index (κ3) is 5.68. The second-order valence-electron chi connectivity index (χ2n) is 8.40. The normalized spacial score (nSPS) is 18.9. The van der Waals surface area contributed by atoms with Crippen LogP contribution in [0.3, 0.4) is 0 Å². The Hall–Kier alpha value is -2.23. The predicted octanol–water partition coefficient (Wildman–Crippen LogP) is 7.66. The number of allylic oxidation sites excluding steroid dienone is 1. The minimum Gasteiger partial charge on any atom is -0.491 e. The van der Waals surface area contributed by atoms with Crippen LogP contribution in [0.25, 0.3) is 0 Å². The molecule has 0 atom stereocenters. The van der Waals surface area contributed by atoms with Crippen LogP contribution in [0.2, 0.25) is 0 Å². The van der Waals surface area contributed by atoms with Crippen LogP contribution in [0, 0.1) is 30.3 Å². The summed E-state index contributed by atoms with van der Waals surface area (Å²) in [4.78, 5) is 0. The number of benzene rings is 2. The van der Waals surface area contributed by atoms with Gasteiger partial charge in [0.1, 0.15) is 0 Å². The molecule has 1 fully saturated rings. The van der Waals surface area contributed by atoms with Crippen LogP contribution in [-0.2, 0) is 6.42 Å². The monoisotopic (exact) mass is 416 g/mol. The van der Waals surface area contributed by atoms with Crippen LogP contribution in [-0.4, -0.2) is 6.61 Å². The topological polar surface area (TPSA) is 9.23 Å². The number of hydrogen-bond acceptors (Lipinski definition) is 1. The molecule has 1 aliphatic carbocycles. The number of ether oxygens (including phenoxy) is 1. The Morgan fingerprint density at radius 3 is 2.50 bits per heavy atom. The minimum atomic E-state index is -0.730. The van der Waals surface area contributed by atoms with Gasteiger partial charge in [0.15, 0.2) is 23.2 Å². The summed E-state index contributed by atoms with van der Waals surface area (Å²) in [5, 5.41) is 0. The molecule has 4 heteroatoms. The number of aryl methyl sites for hydroxylation is 2. The first kappa shape index (κ1) is 22.5. The Labute approximate surface area is 178 Å². The first-order valence-electron chi connectivity index (χ1n) is 11.0. The lowest BCUT2D eigenvalue weighted by atomic mass is 9.77. The standard InChI is InChI=1S/C26H31F3O/c1-3-4-5-16-30-24-15-14-22(17-23(24)27)20-11-7-19(8-12-20)9-13-21-10-6-18(2)25(28)26(21)29/h3,6,10,14-15,17,19-20H,1,4-5,7-9,11-13,16H2,2H3. The Bertz CT molecular complexity index is 854. The molecule has 3 rings (SSSR count). The lowest BCUT2D eigenvalue weighted by Crippen LogP contribution is -2.14. The molecule has 2 aromatic rings. The van der Waals surface area contributed by atoms with Gasteiger partial charge in [0, 0.05) is 0 Å². The zero-order valence-electron chi connectivity index (χ0n) is 17.7. The molecule has 30 heavy (non-hydrogen) atoms. The summed E-state index contributed by atoms with van der Waals surface area (Å²) in [5.74, 6) is -0.576. The van der Waals surface area contributed by atoms with E-state index in [0.29, 0.717) is 41.7 Å². The zero-order chi connectivity index (χ0) is 21.5. The third-order valence-corrected chi connectivity index (χ3v) is 6.26. The summed E-state index contributed by atoms with van der Waals surface area (Å²) in [5.41, 5.74) is 1.83. The van der Waals surface area contributed by atoms with Crippen molar-refractivity contribution in [1.29, 1.82) is 0 Å². The van der Waals surface area contributed by atoms with Crippen LogP contribution in [0.5, 0.6) is 5.75 Å². The van der Waals surface area contributed by atoms with Crippen LogP contribution in [0.15, 0.2) is 43.0 Å². The number of unbranched alkanes of at least 4 members (excludes halogenated alkanes) is 1. The molecule has 2 aromatic carbocycles. The Morgan fingerprint density at radius 2 is 1.80 bits per heavy atom. The summed E-state index contributed by atoms with van der Waals surface area (Å²) in [7, 11) is 0. The van der Waals surface area contributed by atoms with Crippen LogP contribution in [0.4, 0.5) is 13.2 Å². The molecule has 0 aromatic heterocycles. The third-order valence-electron chi connectivity index (χ3n) is 6.26. The molecule has 0 radical (unpaired) electrons. The largest absolute Gasteiger partial charge is 0.491 e. The number of halogens is 3. The second kappa shape index (κ2) is 10.7. The van der Waals surface area contributed by atoms with Crippen molar-refractivity contribution in [2.24, 2.45) is 5.92 Å². The molecule has 0 amide bonds. The zero-order valence-corrected chi connectivity index (χ0v) is 17.7. The first-order valence-corrected chi connectivity index (χ1v) is 11.0. The van der Waals surface area contributed by atoms with Crippen LogP contribution in [0.1, 0.15) is 67.6 Å². The van der Waals surface area contributed by atoms with Gasteiger partial charge >= 0.3 is 0 Å². The maximum Gasteiger partial charge on any atom is 0.165 e. The Morgan fingerprint density at radius 1 is 1.03 bits per heavy atom. The molecule has 1 saturated carbocycles. The van der Waals surface area contributed by atoms with E-state index in [-0.39, 0.29) is 5.82 Å². The van der Waals surface area contributed by atoms with Crippen molar-refractivity contribution >= 4 is 0 Å². The summed E-state index contributed by atoms with van der Waals surface area (Å²) in [6, 6.07) is 8.66. The molecule has 0 heterocycles. The summed E-state index contributed by atoms with van der Waals surface area (Å²) < 4.78 is 47.7. The maximum atomic E-state index is 14.4. The van der Waals surface area contributed by atoms with E-state index in [9.17, 15) is 13.2 Å². The highest BCUT2D eigenvalue weighted by Gasteiger charge is 2.23. The lowest BCUT2D eigenvalue weighted by molar-refractivity contribution is 0.294. The Kier molecular flexibility index (Phi) is 8.01. The van der Waals surface area contributed by atoms with Crippen LogP contribution >= 0.6 is 0 Å². The highest BCUT2D eigenvalue weighted by molar-refractivity contribution is 5.31. The van der Waals surface area contributed by atoms with E-state index in [1.54, 1.807) is 31.2 Å². The number of hydrogen-bond donors (Lipinski definition) is 0. The fraction of sp³-hybridized carbons (Fsp3) is 0.462. The van der Waals surface area contributed by atoms with Gasteiger partial charge in [-0.2, -0.15) is 0 Å². The van der Waals surface area contributed by atoms with E-state index < -0.39 is 11.6 Å². The van der Waals surface area contributed by atoms with Gasteiger partial charge in [-0.15, -0.1) is 6.58 Å². The van der Waals surface area contributed by atoms with Crippen molar-refractivity contribution in [2.45, 2.75) is 64.2 Å². The van der Waals surface area contributed by atoms with E-state index in [1.807, 2.05) is 12.1 Å². The molecular formula is C26H31F3O. The van der Waals surface area contributed by atoms with Gasteiger partial charge in [0.2, 0.25) is 0 Å². The average molecular weight is 417 g/mol. The van der Waals surface area contributed by atoms with E-state index >= 15 is 0 Å². The summed E-state index contributed by atoms with van der Waals surface area (Å²) in [6.07, 6.45) is 8.98. The van der Waals surface area contributed by atoms with E-state index in [0.717, 1.165) is 50.5 Å². The van der Waals surface area contributed by atoms with Gasteiger partial charge in [0.25, 0.3) is 0 Å². The molecule has 162 valence electrons. The van der Waals surface area contributed by atoms with Gasteiger partial charge in [-0.25, -0.2) is 13.2 Å². The van der Waals surface area contributed by atoms with Gasteiger partial charge < -0.3 is 4.74 Å². The van der Waals surface area contributed by atoms with E-state index in [1.165, 1.54) is 0 Å². The van der Waals surface area contributed by atoms with Crippen molar-refractivity contribution in [2.75, 3.05) is 6.61 Å². The Balaban J connectivity index is 1.49. The molecule has 1 nitrogen and oxygen atoms in total. The smallest absolute Gasteiger partial charge is 0.165 e. The van der Waals surface area contributed by atoms with Crippen molar-refractivity contribution in [3.05, 3.63) is 77.1 Å². The van der Waals surface area contributed by atoms with Crippen molar-refractivity contribution in [1.82, 2.24) is 0 Å². The second-order valence-corrected chi connectivity index (χ2v) is 8.40. The fourth-order valence-corrected chi connectivity index (χ4v) is 4.32. The van der Waals surface area contributed by atoms with E-state index in [4.69, 9.17) is 4.74 Å². The average Bonchev–Trinajstić information content (AvgIpc) is 2.76. The summed E-state index contributed by atoms with van der Waals surface area (Å²) >= 11 is 0. The molecule has 0 bridgehead atoms. The van der Waals surface area contributed by atoms with Crippen molar-refractivity contribution in [3.63, 3.8) is 0 Å². The van der Waals surface area contributed by atoms with Crippen LogP contribution < -0.4 is 4.74 Å². The van der Waals surface area contributed by atoms with E-state index in [2.05, 4.69) is 6.58 Å². The predicted molar refractivity (Wildman–Crippen MR) is 115 cm³/mol. The molecule has 0 spiro atoms. The lowest BCUT2D eigenvalue weighted by Gasteiger charge is -2.29. The quantitative estimate of drug-likeness (QED) is 0.301. The SMILES string of the molecule is C=CCCCOc1ccc(C2CCC(CCc3ccc(C)c(F)c3F)CC2)cc1F. The highest BCUT2D eigenvalue weighted by Crippen LogP contribution is 2.38. The number of rotatable bonds is 9. The van der Waals surface area contributed by atoms with Gasteiger partial charge in [-0.05, 0) is 98.9 Å². The first-order chi connectivity index (χ1) is 14.5. The van der Waals surface area contributed by atoms with Crippen molar-refractivity contribution in [3.8, 4) is 5.75 Å². The van der Waals surface area contributed by atoms with Crippen molar-refractivity contribution < 1.29 is 17.9 Å². The fourth-order valence-electron chi connectivity index (χ4n) is 4.32. The van der Waals surface area contributed by atoms with Gasteiger partial charge in [-0.3, -0.25) is 0 Å².